The highest BCUT2D eigenvalue weighted by Crippen LogP contribution is 2.32. The summed E-state index contributed by atoms with van der Waals surface area (Å²) < 4.78 is 50.4. The fourth-order valence-corrected chi connectivity index (χ4v) is 3.76. The third kappa shape index (κ3) is 4.43. The number of ether oxygens (including phenoxy) is 2. The first-order chi connectivity index (χ1) is 14.9. The molecular weight excluding hydrogens is 429 g/mol. The molecule has 0 aliphatic heterocycles. The van der Waals surface area contributed by atoms with Crippen LogP contribution in [0.25, 0.3) is 17.0 Å². The molecule has 0 aliphatic carbocycles. The monoisotopic (exact) mass is 446 g/mol. The Morgan fingerprint density at radius 1 is 0.903 bits per heavy atom. The van der Waals surface area contributed by atoms with Crippen molar-refractivity contribution in [2.45, 2.75) is 17.0 Å². The highest BCUT2D eigenvalue weighted by molar-refractivity contribution is 7.98. The number of rotatable bonds is 6. The van der Waals surface area contributed by atoms with Crippen molar-refractivity contribution in [3.63, 3.8) is 0 Å². The number of thioether (sulfide) groups is 1. The lowest BCUT2D eigenvalue weighted by Gasteiger charge is -2.09. The Kier molecular flexibility index (Phi) is 5.73. The van der Waals surface area contributed by atoms with E-state index in [1.54, 1.807) is 43.0 Å². The Hall–Kier alpha value is -3.27. The summed E-state index contributed by atoms with van der Waals surface area (Å²) in [5, 5.41) is 13.6. The van der Waals surface area contributed by atoms with Gasteiger partial charge in [-0.1, -0.05) is 23.9 Å². The molecule has 4 aromatic rings. The van der Waals surface area contributed by atoms with Gasteiger partial charge in [0, 0.05) is 11.3 Å². The number of halogens is 3. The molecule has 2 aromatic carbocycles. The molecule has 0 bridgehead atoms. The lowest BCUT2D eigenvalue weighted by Crippen LogP contribution is -2.04. The number of hydrogen-bond acceptors (Lipinski definition) is 6. The molecule has 0 amide bonds. The summed E-state index contributed by atoms with van der Waals surface area (Å²) in [4.78, 5) is 0. The molecule has 160 valence electrons. The third-order valence-electron chi connectivity index (χ3n) is 4.55. The van der Waals surface area contributed by atoms with Gasteiger partial charge in [0.2, 0.25) is 0 Å². The van der Waals surface area contributed by atoms with Gasteiger partial charge in [-0.3, -0.25) is 0 Å². The first kappa shape index (κ1) is 21.0. The molecule has 0 saturated heterocycles. The third-order valence-corrected chi connectivity index (χ3v) is 5.54. The predicted octanol–water partition coefficient (Wildman–Crippen LogP) is 5.12. The summed E-state index contributed by atoms with van der Waals surface area (Å²) in [5.74, 6) is 2.17. The minimum atomic E-state index is -4.34. The molecule has 0 unspecified atom stereocenters. The average Bonchev–Trinajstić information content (AvgIpc) is 3.20. The normalized spacial score (nSPS) is 11.6. The molecule has 0 fully saturated rings. The van der Waals surface area contributed by atoms with Gasteiger partial charge in [-0.05, 0) is 48.0 Å². The van der Waals surface area contributed by atoms with Crippen LogP contribution in [-0.2, 0) is 11.9 Å². The van der Waals surface area contributed by atoms with Gasteiger partial charge in [-0.2, -0.15) is 22.8 Å². The maximum Gasteiger partial charge on any atom is 0.416 e. The fraction of sp³-hybridized carbons (Fsp3) is 0.190. The summed E-state index contributed by atoms with van der Waals surface area (Å²) in [6.07, 6.45) is -4.34. The molecule has 0 aliphatic rings. The van der Waals surface area contributed by atoms with Crippen LogP contribution in [0.3, 0.4) is 0 Å². The van der Waals surface area contributed by atoms with Gasteiger partial charge in [-0.25, -0.2) is 0 Å². The molecule has 6 nitrogen and oxygen atoms in total. The second-order valence-corrected chi connectivity index (χ2v) is 7.51. The van der Waals surface area contributed by atoms with E-state index in [9.17, 15) is 13.2 Å². The van der Waals surface area contributed by atoms with Crippen LogP contribution in [-0.4, -0.2) is 34.0 Å². The quantitative estimate of drug-likeness (QED) is 0.383. The Labute approximate surface area is 180 Å². The molecule has 31 heavy (non-hydrogen) atoms. The van der Waals surface area contributed by atoms with Crippen molar-refractivity contribution >= 4 is 17.4 Å². The number of benzene rings is 2. The van der Waals surface area contributed by atoms with E-state index in [1.165, 1.54) is 23.9 Å². The van der Waals surface area contributed by atoms with Gasteiger partial charge < -0.3 is 9.47 Å². The summed E-state index contributed by atoms with van der Waals surface area (Å²) in [6, 6.07) is 14.1. The number of hydrogen-bond donors (Lipinski definition) is 0. The molecule has 10 heteroatoms. The van der Waals surface area contributed by atoms with Crippen molar-refractivity contribution in [3.05, 3.63) is 65.7 Å². The van der Waals surface area contributed by atoms with Crippen molar-refractivity contribution in [1.29, 1.82) is 0 Å². The molecule has 0 saturated carbocycles. The molecule has 0 spiro atoms. The predicted molar refractivity (Wildman–Crippen MR) is 110 cm³/mol. The topological polar surface area (TPSA) is 61.5 Å². The lowest BCUT2D eigenvalue weighted by atomic mass is 10.1. The van der Waals surface area contributed by atoms with E-state index < -0.39 is 11.7 Å². The van der Waals surface area contributed by atoms with Crippen molar-refractivity contribution in [2.75, 3.05) is 14.2 Å². The molecule has 0 atom stereocenters. The largest absolute Gasteiger partial charge is 0.493 e. The second kappa shape index (κ2) is 8.46. The SMILES string of the molecule is COc1ccc(-c2nnc3ccc(SCc4ccc(C(F)(F)F)cc4)nn23)cc1OC. The van der Waals surface area contributed by atoms with Gasteiger partial charge in [0.1, 0.15) is 5.03 Å². The van der Waals surface area contributed by atoms with E-state index in [0.717, 1.165) is 23.3 Å². The van der Waals surface area contributed by atoms with E-state index in [0.29, 0.717) is 33.7 Å². The van der Waals surface area contributed by atoms with Crippen molar-refractivity contribution in [1.82, 2.24) is 19.8 Å². The number of alkyl halides is 3. The smallest absolute Gasteiger partial charge is 0.416 e. The number of fused-ring (bicyclic) bond motifs is 1. The second-order valence-electron chi connectivity index (χ2n) is 6.52. The molecule has 0 radical (unpaired) electrons. The average molecular weight is 446 g/mol. The highest BCUT2D eigenvalue weighted by Gasteiger charge is 2.29. The number of aromatic nitrogens is 4. The Balaban J connectivity index is 1.57. The van der Waals surface area contributed by atoms with Crippen LogP contribution in [0.5, 0.6) is 11.5 Å². The summed E-state index contributed by atoms with van der Waals surface area (Å²) in [7, 11) is 3.11. The molecule has 0 N–H and O–H groups in total. The van der Waals surface area contributed by atoms with Crippen molar-refractivity contribution in [3.8, 4) is 22.9 Å². The van der Waals surface area contributed by atoms with Crippen LogP contribution in [0.1, 0.15) is 11.1 Å². The molecule has 4 rings (SSSR count). The van der Waals surface area contributed by atoms with Crippen LogP contribution >= 0.6 is 11.8 Å². The molecular formula is C21H17F3N4O2S. The zero-order chi connectivity index (χ0) is 22.0. The highest BCUT2D eigenvalue weighted by atomic mass is 32.2. The number of nitrogens with zero attached hydrogens (tertiary/aromatic N) is 4. The Morgan fingerprint density at radius 3 is 2.32 bits per heavy atom. The minimum absolute atomic E-state index is 0.477. The van der Waals surface area contributed by atoms with Crippen LogP contribution in [0, 0.1) is 0 Å². The van der Waals surface area contributed by atoms with E-state index in [4.69, 9.17) is 9.47 Å². The van der Waals surface area contributed by atoms with E-state index >= 15 is 0 Å². The van der Waals surface area contributed by atoms with E-state index in [2.05, 4.69) is 15.3 Å². The Bertz CT molecular complexity index is 1210. The van der Waals surface area contributed by atoms with Gasteiger partial charge in [0.25, 0.3) is 0 Å². The minimum Gasteiger partial charge on any atom is -0.493 e. The molecule has 2 heterocycles. The van der Waals surface area contributed by atoms with Crippen LogP contribution in [0.2, 0.25) is 0 Å². The summed E-state index contributed by atoms with van der Waals surface area (Å²) in [5.41, 5.74) is 1.43. The fourth-order valence-electron chi connectivity index (χ4n) is 2.95. The van der Waals surface area contributed by atoms with Gasteiger partial charge in [0.05, 0.1) is 19.8 Å². The summed E-state index contributed by atoms with van der Waals surface area (Å²) in [6.45, 7) is 0. The molecule has 2 aromatic heterocycles. The van der Waals surface area contributed by atoms with E-state index in [-0.39, 0.29) is 0 Å². The first-order valence-corrected chi connectivity index (χ1v) is 10.1. The maximum absolute atomic E-state index is 12.7. The first-order valence-electron chi connectivity index (χ1n) is 9.13. The van der Waals surface area contributed by atoms with E-state index in [1.807, 2.05) is 6.07 Å². The van der Waals surface area contributed by atoms with Crippen molar-refractivity contribution < 1.29 is 22.6 Å². The summed E-state index contributed by atoms with van der Waals surface area (Å²) >= 11 is 1.41. The lowest BCUT2D eigenvalue weighted by molar-refractivity contribution is -0.137. The van der Waals surface area contributed by atoms with Gasteiger partial charge in [0.15, 0.2) is 23.0 Å². The Morgan fingerprint density at radius 2 is 1.65 bits per heavy atom. The van der Waals surface area contributed by atoms with Gasteiger partial charge >= 0.3 is 6.18 Å². The van der Waals surface area contributed by atoms with Crippen LogP contribution < -0.4 is 9.47 Å². The van der Waals surface area contributed by atoms with Gasteiger partial charge in [-0.15, -0.1) is 10.2 Å². The zero-order valence-electron chi connectivity index (χ0n) is 16.6. The standard InChI is InChI=1S/C21H17F3N4O2S/c1-29-16-8-5-14(11-17(16)30-2)20-26-25-18-9-10-19(27-28(18)20)31-12-13-3-6-15(7-4-13)21(22,23)24/h3-11H,12H2,1-2H3. The van der Waals surface area contributed by atoms with Crippen LogP contribution in [0.15, 0.2) is 59.6 Å². The zero-order valence-corrected chi connectivity index (χ0v) is 17.4. The number of methoxy groups -OCH3 is 2. The van der Waals surface area contributed by atoms with Crippen LogP contribution in [0.4, 0.5) is 13.2 Å². The van der Waals surface area contributed by atoms with Crippen molar-refractivity contribution in [2.24, 2.45) is 0 Å². The maximum atomic E-state index is 12.7.